The molecule has 0 saturated heterocycles. The van der Waals surface area contributed by atoms with Gasteiger partial charge in [-0.1, -0.05) is 75.3 Å². The van der Waals surface area contributed by atoms with E-state index in [0.29, 0.717) is 29.0 Å². The van der Waals surface area contributed by atoms with Crippen LogP contribution in [-0.4, -0.2) is 39.5 Å². The molecule has 2 saturated carbocycles. The van der Waals surface area contributed by atoms with Crippen LogP contribution in [0, 0.1) is 28.1 Å². The Balaban J connectivity index is 2.29. The number of aliphatic hydroxyl groups excluding tert-OH is 1. The molecular weight excluding hydrogens is 464 g/mol. The van der Waals surface area contributed by atoms with Crippen LogP contribution < -0.4 is 0 Å². The predicted octanol–water partition coefficient (Wildman–Crippen LogP) is 8.23. The molecule has 1 N–H and O–H groups in total. The van der Waals surface area contributed by atoms with Crippen molar-refractivity contribution >= 4 is 8.32 Å². The summed E-state index contributed by atoms with van der Waals surface area (Å²) in [6.07, 6.45) is 6.38. The van der Waals surface area contributed by atoms with E-state index >= 15 is 0 Å². The fourth-order valence-electron chi connectivity index (χ4n) is 9.10. The number of methoxy groups -OCH3 is 1. The van der Waals surface area contributed by atoms with Gasteiger partial charge in [0.15, 0.2) is 0 Å². The van der Waals surface area contributed by atoms with E-state index in [1.807, 2.05) is 6.08 Å². The minimum atomic E-state index is -2.13. The van der Waals surface area contributed by atoms with Crippen molar-refractivity contribution in [3.8, 4) is 0 Å². The largest absolute Gasteiger partial charge is 0.546 e. The Bertz CT molecular complexity index is 813. The van der Waals surface area contributed by atoms with E-state index in [-0.39, 0.29) is 35.1 Å². The summed E-state index contributed by atoms with van der Waals surface area (Å²) in [4.78, 5) is 0. The molecular formula is C31H56O4Si. The zero-order valence-corrected chi connectivity index (χ0v) is 26.2. The third-order valence-electron chi connectivity index (χ3n) is 11.3. The van der Waals surface area contributed by atoms with Gasteiger partial charge in [0.25, 0.3) is 8.32 Å². The molecule has 3 aliphatic carbocycles. The lowest BCUT2D eigenvalue weighted by atomic mass is 9.46. The van der Waals surface area contributed by atoms with Crippen molar-refractivity contribution in [3.63, 3.8) is 0 Å². The smallest absolute Gasteiger partial charge is 0.258 e. The van der Waals surface area contributed by atoms with Gasteiger partial charge in [0.1, 0.15) is 6.79 Å². The average Bonchev–Trinajstić information content (AvgIpc) is 3.18. The molecule has 0 amide bonds. The molecule has 3 aliphatic rings. The van der Waals surface area contributed by atoms with Gasteiger partial charge in [-0.05, 0) is 59.7 Å². The van der Waals surface area contributed by atoms with Gasteiger partial charge in [-0.25, -0.2) is 0 Å². The van der Waals surface area contributed by atoms with E-state index in [9.17, 15) is 5.11 Å². The summed E-state index contributed by atoms with van der Waals surface area (Å²) >= 11 is 0. The topological polar surface area (TPSA) is 47.9 Å². The Morgan fingerprint density at radius 2 is 1.64 bits per heavy atom. The summed E-state index contributed by atoms with van der Waals surface area (Å²) in [6.45, 7) is 28.0. The van der Waals surface area contributed by atoms with Gasteiger partial charge >= 0.3 is 0 Å². The van der Waals surface area contributed by atoms with Crippen LogP contribution in [0.4, 0.5) is 0 Å². The first-order valence-electron chi connectivity index (χ1n) is 14.5. The molecule has 0 heterocycles. The van der Waals surface area contributed by atoms with Crippen molar-refractivity contribution < 1.29 is 19.0 Å². The lowest BCUT2D eigenvalue weighted by Gasteiger charge is -2.60. The van der Waals surface area contributed by atoms with Crippen LogP contribution in [0.5, 0.6) is 0 Å². The van der Waals surface area contributed by atoms with Gasteiger partial charge in [0.05, 0.1) is 18.0 Å². The van der Waals surface area contributed by atoms with Crippen molar-refractivity contribution in [2.45, 2.75) is 130 Å². The molecule has 0 aliphatic heterocycles. The molecule has 0 aromatic carbocycles. The SMILES string of the molecule is C=CC1(C)CC(O)C2(C)C3=C(O[Si](C(C)C)(C(C)C)C(C)C)CCC3(CCC2C)C(C)C1OCOC. The number of hydrogen-bond donors (Lipinski definition) is 1. The van der Waals surface area contributed by atoms with Crippen LogP contribution in [0.25, 0.3) is 0 Å². The van der Waals surface area contributed by atoms with E-state index in [2.05, 4.69) is 75.8 Å². The Labute approximate surface area is 223 Å². The molecule has 7 unspecified atom stereocenters. The fourth-order valence-corrected chi connectivity index (χ4v) is 14.4. The van der Waals surface area contributed by atoms with E-state index in [1.54, 1.807) is 7.11 Å². The summed E-state index contributed by atoms with van der Waals surface area (Å²) < 4.78 is 19.4. The van der Waals surface area contributed by atoms with E-state index in [1.165, 1.54) is 11.3 Å². The first kappa shape index (κ1) is 29.9. The standard InChI is InChI=1S/C31H56O4Si/c1-13-29(10)18-26(32)30(11)23(8)14-16-31(24(9)28(29)34-19-33-12)17-15-25(27(30)31)35-36(20(2)3,21(4)5)22(6)7/h13,20-24,26,28,32H,1,14-19H2,2-12H3. The number of aliphatic hydroxyl groups is 1. The molecule has 3 rings (SSSR count). The molecule has 208 valence electrons. The minimum Gasteiger partial charge on any atom is -0.546 e. The number of ether oxygens (including phenoxy) is 2. The fraction of sp³-hybridized carbons (Fsp3) is 0.871. The van der Waals surface area contributed by atoms with Gasteiger partial charge in [0.2, 0.25) is 0 Å². The lowest BCUT2D eigenvalue weighted by molar-refractivity contribution is -0.173. The average molecular weight is 521 g/mol. The monoisotopic (exact) mass is 520 g/mol. The second-order valence-electron chi connectivity index (χ2n) is 13.8. The third kappa shape index (κ3) is 4.28. The minimum absolute atomic E-state index is 0.0360. The van der Waals surface area contributed by atoms with E-state index < -0.39 is 14.4 Å². The summed E-state index contributed by atoms with van der Waals surface area (Å²) in [5, 5.41) is 12.1. The van der Waals surface area contributed by atoms with Crippen molar-refractivity contribution in [1.29, 1.82) is 0 Å². The first-order valence-corrected chi connectivity index (χ1v) is 16.7. The number of rotatable bonds is 9. The van der Waals surface area contributed by atoms with Gasteiger partial charge in [-0.3, -0.25) is 0 Å². The maximum Gasteiger partial charge on any atom is 0.258 e. The molecule has 0 radical (unpaired) electrons. The van der Waals surface area contributed by atoms with Crippen LogP contribution in [0.1, 0.15) is 101 Å². The highest BCUT2D eigenvalue weighted by Crippen LogP contribution is 2.69. The Morgan fingerprint density at radius 1 is 1.06 bits per heavy atom. The molecule has 0 aromatic heterocycles. The van der Waals surface area contributed by atoms with E-state index in [0.717, 1.165) is 25.7 Å². The van der Waals surface area contributed by atoms with E-state index in [4.69, 9.17) is 13.9 Å². The second-order valence-corrected chi connectivity index (χ2v) is 19.2. The quantitative estimate of drug-likeness (QED) is 0.189. The molecule has 4 nitrogen and oxygen atoms in total. The van der Waals surface area contributed by atoms with Crippen LogP contribution in [0.2, 0.25) is 16.6 Å². The zero-order chi connectivity index (χ0) is 27.3. The summed E-state index contributed by atoms with van der Waals surface area (Å²) in [6, 6.07) is 0. The number of allylic oxidation sites excluding steroid dienone is 1. The van der Waals surface area contributed by atoms with Crippen molar-refractivity contribution in [3.05, 3.63) is 24.0 Å². The highest BCUT2D eigenvalue weighted by Gasteiger charge is 2.64. The van der Waals surface area contributed by atoms with Crippen molar-refractivity contribution in [2.24, 2.45) is 28.1 Å². The highest BCUT2D eigenvalue weighted by molar-refractivity contribution is 6.77. The Morgan fingerprint density at radius 3 is 2.14 bits per heavy atom. The number of hydrogen-bond acceptors (Lipinski definition) is 4. The third-order valence-corrected chi connectivity index (χ3v) is 17.3. The van der Waals surface area contributed by atoms with Gasteiger partial charge in [-0.15, -0.1) is 6.58 Å². The van der Waals surface area contributed by atoms with Crippen LogP contribution in [0.15, 0.2) is 24.0 Å². The van der Waals surface area contributed by atoms with Crippen LogP contribution in [0.3, 0.4) is 0 Å². The molecule has 2 fully saturated rings. The van der Waals surface area contributed by atoms with Crippen molar-refractivity contribution in [2.75, 3.05) is 13.9 Å². The maximum atomic E-state index is 12.1. The second kappa shape index (κ2) is 10.5. The predicted molar refractivity (Wildman–Crippen MR) is 152 cm³/mol. The molecule has 0 spiro atoms. The van der Waals surface area contributed by atoms with Crippen LogP contribution in [-0.2, 0) is 13.9 Å². The van der Waals surface area contributed by atoms with Gasteiger partial charge < -0.3 is 19.0 Å². The molecule has 36 heavy (non-hydrogen) atoms. The molecule has 2 bridgehead atoms. The first-order chi connectivity index (χ1) is 16.7. The maximum absolute atomic E-state index is 12.1. The zero-order valence-electron chi connectivity index (χ0n) is 25.2. The highest BCUT2D eigenvalue weighted by atomic mass is 28.4. The Kier molecular flexibility index (Phi) is 8.73. The molecule has 7 atom stereocenters. The lowest BCUT2D eigenvalue weighted by Crippen LogP contribution is -2.59. The molecule has 5 heteroatoms. The summed E-state index contributed by atoms with van der Waals surface area (Å²) in [5.41, 5.74) is 2.29. The molecule has 0 aromatic rings. The van der Waals surface area contributed by atoms with Gasteiger partial charge in [-0.2, -0.15) is 0 Å². The van der Waals surface area contributed by atoms with Gasteiger partial charge in [0, 0.05) is 29.8 Å². The summed E-state index contributed by atoms with van der Waals surface area (Å²) in [7, 11) is -0.442. The Hall–Kier alpha value is -0.623. The van der Waals surface area contributed by atoms with Crippen LogP contribution >= 0.6 is 0 Å². The van der Waals surface area contributed by atoms with Crippen molar-refractivity contribution in [1.82, 2.24) is 0 Å². The summed E-state index contributed by atoms with van der Waals surface area (Å²) in [5.74, 6) is 1.88. The normalized spacial score (nSPS) is 39.4.